The topological polar surface area (TPSA) is 0 Å². The SMILES string of the molecule is Cc1ccc(-c2cc(-c3cccc4c3ccc3c(CCc5ccccc5)c5ccccc5cc34)c3ccc4cc(C(C)(C)C)cc5ccc2c3c54)cc1. The van der Waals surface area contributed by atoms with Crippen molar-refractivity contribution < 1.29 is 0 Å². The lowest BCUT2D eigenvalue weighted by molar-refractivity contribution is 0.591. The van der Waals surface area contributed by atoms with E-state index in [2.05, 4.69) is 185 Å². The Morgan fingerprint density at radius 1 is 0.396 bits per heavy atom. The first-order valence-electron chi connectivity index (χ1n) is 19.1. The third-order valence-corrected chi connectivity index (χ3v) is 11.8. The van der Waals surface area contributed by atoms with Crippen LogP contribution in [0, 0.1) is 6.92 Å². The normalized spacial score (nSPS) is 12.3. The van der Waals surface area contributed by atoms with E-state index in [1.165, 1.54) is 109 Å². The van der Waals surface area contributed by atoms with Crippen molar-refractivity contribution in [1.82, 2.24) is 0 Å². The lowest BCUT2D eigenvalue weighted by atomic mass is 9.81. The number of aryl methyl sites for hydroxylation is 3. The highest BCUT2D eigenvalue weighted by Crippen LogP contribution is 2.47. The minimum atomic E-state index is 0.0706. The maximum absolute atomic E-state index is 2.47. The van der Waals surface area contributed by atoms with E-state index in [9.17, 15) is 0 Å². The molecule has 0 fully saturated rings. The summed E-state index contributed by atoms with van der Waals surface area (Å²) in [5.41, 5.74) is 10.7. The monoisotopic (exact) mass is 678 g/mol. The third kappa shape index (κ3) is 5.19. The molecule has 10 aromatic rings. The maximum atomic E-state index is 2.47. The Balaban J connectivity index is 1.26. The summed E-state index contributed by atoms with van der Waals surface area (Å²) in [6.07, 6.45) is 2.02. The molecule has 0 radical (unpaired) electrons. The van der Waals surface area contributed by atoms with Crippen LogP contribution in [0.15, 0.2) is 158 Å². The molecule has 0 aliphatic rings. The van der Waals surface area contributed by atoms with Crippen molar-refractivity contribution in [1.29, 1.82) is 0 Å². The first-order chi connectivity index (χ1) is 25.8. The summed E-state index contributed by atoms with van der Waals surface area (Å²) >= 11 is 0. The van der Waals surface area contributed by atoms with Crippen LogP contribution < -0.4 is 0 Å². The lowest BCUT2D eigenvalue weighted by Gasteiger charge is -2.23. The van der Waals surface area contributed by atoms with E-state index in [4.69, 9.17) is 0 Å². The predicted octanol–water partition coefficient (Wildman–Crippen LogP) is 14.8. The van der Waals surface area contributed by atoms with Crippen LogP contribution in [0.4, 0.5) is 0 Å². The third-order valence-electron chi connectivity index (χ3n) is 11.8. The van der Waals surface area contributed by atoms with Crippen molar-refractivity contribution in [2.75, 3.05) is 0 Å². The van der Waals surface area contributed by atoms with Crippen LogP contribution in [0.5, 0.6) is 0 Å². The van der Waals surface area contributed by atoms with E-state index in [1.807, 2.05) is 0 Å². The van der Waals surface area contributed by atoms with Crippen LogP contribution in [-0.2, 0) is 18.3 Å². The highest BCUT2D eigenvalue weighted by Gasteiger charge is 2.21. The van der Waals surface area contributed by atoms with Gasteiger partial charge in [-0.1, -0.05) is 172 Å². The molecule has 0 unspecified atom stereocenters. The second-order valence-electron chi connectivity index (χ2n) is 16.1. The molecule has 0 saturated carbocycles. The fourth-order valence-corrected chi connectivity index (χ4v) is 8.96. The molecule has 0 amide bonds. The zero-order valence-corrected chi connectivity index (χ0v) is 30.9. The van der Waals surface area contributed by atoms with Crippen LogP contribution >= 0.6 is 0 Å². The van der Waals surface area contributed by atoms with Crippen LogP contribution in [0.2, 0.25) is 0 Å². The van der Waals surface area contributed by atoms with Crippen molar-refractivity contribution in [3.8, 4) is 22.3 Å². The van der Waals surface area contributed by atoms with Gasteiger partial charge in [0.15, 0.2) is 0 Å². The number of fused-ring (bicyclic) bond motifs is 4. The number of rotatable bonds is 5. The Morgan fingerprint density at radius 3 is 1.81 bits per heavy atom. The quantitative estimate of drug-likeness (QED) is 0.126. The van der Waals surface area contributed by atoms with Crippen LogP contribution in [-0.4, -0.2) is 0 Å². The van der Waals surface area contributed by atoms with E-state index in [-0.39, 0.29) is 5.41 Å². The molecule has 10 rings (SSSR count). The highest BCUT2D eigenvalue weighted by atomic mass is 14.2. The summed E-state index contributed by atoms with van der Waals surface area (Å²) in [6.45, 7) is 9.11. The van der Waals surface area contributed by atoms with Crippen LogP contribution in [0.3, 0.4) is 0 Å². The molecule has 254 valence electrons. The van der Waals surface area contributed by atoms with E-state index < -0.39 is 0 Å². The van der Waals surface area contributed by atoms with Crippen molar-refractivity contribution >= 4 is 64.6 Å². The molecular formula is C53H42. The zero-order valence-electron chi connectivity index (χ0n) is 30.9. The minimum Gasteiger partial charge on any atom is -0.0622 e. The molecule has 0 N–H and O–H groups in total. The van der Waals surface area contributed by atoms with Gasteiger partial charge >= 0.3 is 0 Å². The first-order valence-corrected chi connectivity index (χ1v) is 19.1. The van der Waals surface area contributed by atoms with Gasteiger partial charge in [0.1, 0.15) is 0 Å². The smallest absolute Gasteiger partial charge is 0.00143 e. The first kappa shape index (κ1) is 31.7. The van der Waals surface area contributed by atoms with Gasteiger partial charge in [0.05, 0.1) is 0 Å². The highest BCUT2D eigenvalue weighted by molar-refractivity contribution is 6.29. The summed E-state index contributed by atoms with van der Waals surface area (Å²) < 4.78 is 0. The molecule has 0 heterocycles. The van der Waals surface area contributed by atoms with E-state index in [1.54, 1.807) is 0 Å². The summed E-state index contributed by atoms with van der Waals surface area (Å²) in [4.78, 5) is 0. The molecule has 0 aromatic heterocycles. The summed E-state index contributed by atoms with van der Waals surface area (Å²) in [5, 5.41) is 15.9. The summed E-state index contributed by atoms with van der Waals surface area (Å²) in [6, 6.07) is 59.9. The molecule has 0 saturated heterocycles. The van der Waals surface area contributed by atoms with Crippen molar-refractivity contribution in [3.05, 3.63) is 180 Å². The van der Waals surface area contributed by atoms with Gasteiger partial charge in [-0.15, -0.1) is 0 Å². The van der Waals surface area contributed by atoms with Gasteiger partial charge in [-0.3, -0.25) is 0 Å². The zero-order chi connectivity index (χ0) is 35.8. The number of hydrogen-bond acceptors (Lipinski definition) is 0. The summed E-state index contributed by atoms with van der Waals surface area (Å²) in [7, 11) is 0. The van der Waals surface area contributed by atoms with Crippen molar-refractivity contribution in [2.24, 2.45) is 0 Å². The molecule has 0 spiro atoms. The number of benzene rings is 10. The number of hydrogen-bond donors (Lipinski definition) is 0. The Kier molecular flexibility index (Phi) is 7.21. The minimum absolute atomic E-state index is 0.0706. The fourth-order valence-electron chi connectivity index (χ4n) is 8.96. The van der Waals surface area contributed by atoms with Gasteiger partial charge in [-0.25, -0.2) is 0 Å². The van der Waals surface area contributed by atoms with Crippen LogP contribution in [0.25, 0.3) is 86.9 Å². The largest absolute Gasteiger partial charge is 0.0622 e. The fraction of sp³-hybridized carbons (Fsp3) is 0.132. The Bertz CT molecular complexity index is 2990. The predicted molar refractivity (Wildman–Crippen MR) is 231 cm³/mol. The molecule has 0 atom stereocenters. The Labute approximate surface area is 311 Å². The Morgan fingerprint density at radius 2 is 1.06 bits per heavy atom. The summed E-state index contributed by atoms with van der Waals surface area (Å²) in [5.74, 6) is 0. The van der Waals surface area contributed by atoms with Gasteiger partial charge in [0.25, 0.3) is 0 Å². The molecule has 0 aliphatic heterocycles. The molecule has 0 aliphatic carbocycles. The average molecular weight is 679 g/mol. The average Bonchev–Trinajstić information content (AvgIpc) is 3.18. The van der Waals surface area contributed by atoms with Crippen molar-refractivity contribution in [3.63, 3.8) is 0 Å². The van der Waals surface area contributed by atoms with E-state index >= 15 is 0 Å². The van der Waals surface area contributed by atoms with Crippen LogP contribution in [0.1, 0.15) is 43.0 Å². The maximum Gasteiger partial charge on any atom is -0.00143 e. The van der Waals surface area contributed by atoms with Gasteiger partial charge in [-0.05, 0) is 141 Å². The van der Waals surface area contributed by atoms with E-state index in [0.717, 1.165) is 12.8 Å². The molecule has 0 nitrogen and oxygen atoms in total. The molecule has 0 heteroatoms. The molecule has 10 aromatic carbocycles. The second kappa shape index (κ2) is 12.0. The van der Waals surface area contributed by atoms with Gasteiger partial charge < -0.3 is 0 Å². The second-order valence-corrected chi connectivity index (χ2v) is 16.1. The molecular weight excluding hydrogens is 637 g/mol. The Hall–Kier alpha value is -5.98. The standard InChI is InChI=1S/C53H42/c1-33-17-20-35(21-18-33)48-32-50(47-26-23-38-30-39(53(2,3)4)29-37-22-25-46(48)52(47)51(37)38)42-16-10-15-41-44(42)27-28-45-43(24-19-34-11-6-5-7-12-34)40-14-9-8-13-36(40)31-49(41)45/h5-18,20-23,25-32H,19,24H2,1-4H3. The van der Waals surface area contributed by atoms with E-state index in [0.29, 0.717) is 0 Å². The van der Waals surface area contributed by atoms with Gasteiger partial charge in [-0.2, -0.15) is 0 Å². The molecule has 0 bridgehead atoms. The lowest BCUT2D eigenvalue weighted by Crippen LogP contribution is -2.10. The molecule has 53 heavy (non-hydrogen) atoms. The van der Waals surface area contributed by atoms with Crippen molar-refractivity contribution in [2.45, 2.75) is 46.0 Å². The van der Waals surface area contributed by atoms with Gasteiger partial charge in [0.2, 0.25) is 0 Å². The van der Waals surface area contributed by atoms with Gasteiger partial charge in [0, 0.05) is 0 Å².